The smallest absolute Gasteiger partial charge is 0.353 e. The van der Waals surface area contributed by atoms with Gasteiger partial charge in [-0.3, -0.25) is 14.8 Å². The van der Waals surface area contributed by atoms with Crippen molar-refractivity contribution in [1.82, 2.24) is 15.3 Å². The lowest BCUT2D eigenvalue weighted by Gasteiger charge is -2.21. The summed E-state index contributed by atoms with van der Waals surface area (Å²) in [7, 11) is 0. The summed E-state index contributed by atoms with van der Waals surface area (Å²) < 4.78 is 43.9. The van der Waals surface area contributed by atoms with Crippen LogP contribution >= 0.6 is 0 Å². The highest BCUT2D eigenvalue weighted by atomic mass is 19.4. The summed E-state index contributed by atoms with van der Waals surface area (Å²) in [4.78, 5) is 21.0. The van der Waals surface area contributed by atoms with Crippen LogP contribution in [0.15, 0.2) is 48.8 Å². The quantitative estimate of drug-likeness (QED) is 0.712. The maximum absolute atomic E-state index is 12.8. The van der Waals surface area contributed by atoms with E-state index in [1.807, 2.05) is 38.1 Å². The van der Waals surface area contributed by atoms with Crippen LogP contribution in [0.3, 0.4) is 0 Å². The third-order valence-corrected chi connectivity index (χ3v) is 4.94. The number of hydrogen-bond donors (Lipinski definition) is 1. The fraction of sp³-hybridized carbons (Fsp3) is 0.286. The highest BCUT2D eigenvalue weighted by Crippen LogP contribution is 2.45. The van der Waals surface area contributed by atoms with Gasteiger partial charge in [0, 0.05) is 28.9 Å². The van der Waals surface area contributed by atoms with Crippen molar-refractivity contribution in [3.63, 3.8) is 0 Å². The van der Waals surface area contributed by atoms with Gasteiger partial charge in [0.05, 0.1) is 28.9 Å². The Morgan fingerprint density at radius 2 is 1.90 bits per heavy atom. The molecule has 0 spiro atoms. The van der Waals surface area contributed by atoms with Crippen molar-refractivity contribution in [3.8, 4) is 0 Å². The van der Waals surface area contributed by atoms with Gasteiger partial charge in [-0.05, 0) is 32.0 Å². The van der Waals surface area contributed by atoms with Gasteiger partial charge in [0.2, 0.25) is 0 Å². The van der Waals surface area contributed by atoms with Crippen LogP contribution in [-0.2, 0) is 27.9 Å². The first-order valence-electron chi connectivity index (χ1n) is 9.02. The van der Waals surface area contributed by atoms with Crippen LogP contribution in [0.25, 0.3) is 10.9 Å². The van der Waals surface area contributed by atoms with Crippen molar-refractivity contribution in [1.29, 1.82) is 0 Å². The summed E-state index contributed by atoms with van der Waals surface area (Å²) in [6, 6.07) is 9.82. The zero-order valence-corrected chi connectivity index (χ0v) is 15.7. The number of rotatable bonds is 3. The molecule has 0 saturated heterocycles. The van der Waals surface area contributed by atoms with Gasteiger partial charge >= 0.3 is 6.18 Å². The van der Waals surface area contributed by atoms with Crippen molar-refractivity contribution in [3.05, 3.63) is 71.2 Å². The second kappa shape index (κ2) is 6.81. The Bertz CT molecular complexity index is 1080. The molecular weight excluding hydrogens is 383 g/mol. The number of carbonyl (C=O) groups is 1. The Balaban J connectivity index is 1.54. The molecule has 1 N–H and O–H groups in total. The molecule has 4 rings (SSSR count). The van der Waals surface area contributed by atoms with Crippen LogP contribution in [0.2, 0.25) is 0 Å². The molecule has 0 aliphatic carbocycles. The highest BCUT2D eigenvalue weighted by molar-refractivity contribution is 5.89. The molecule has 8 heteroatoms. The molecule has 29 heavy (non-hydrogen) atoms. The molecule has 1 amide bonds. The van der Waals surface area contributed by atoms with E-state index >= 15 is 0 Å². The number of nitrogens with zero attached hydrogens (tertiary/aromatic N) is 2. The number of benzene rings is 1. The molecular formula is C21H18F3N3O2. The van der Waals surface area contributed by atoms with Crippen molar-refractivity contribution in [2.75, 3.05) is 0 Å². The second-order valence-corrected chi connectivity index (χ2v) is 7.37. The summed E-state index contributed by atoms with van der Waals surface area (Å²) in [6.07, 6.45) is -2.90. The van der Waals surface area contributed by atoms with Gasteiger partial charge in [0.15, 0.2) is 6.10 Å². The van der Waals surface area contributed by atoms with Gasteiger partial charge in [0.1, 0.15) is 0 Å². The topological polar surface area (TPSA) is 64.1 Å². The predicted molar refractivity (Wildman–Crippen MR) is 99.7 cm³/mol. The van der Waals surface area contributed by atoms with Crippen LogP contribution < -0.4 is 5.32 Å². The molecule has 0 bridgehead atoms. The minimum Gasteiger partial charge on any atom is -0.353 e. The normalized spacial score (nSPS) is 17.9. The van der Waals surface area contributed by atoms with E-state index in [0.29, 0.717) is 11.3 Å². The number of para-hydroxylation sites is 1. The number of alkyl halides is 3. The third kappa shape index (κ3) is 3.55. The average molecular weight is 401 g/mol. The molecule has 1 aliphatic rings. The van der Waals surface area contributed by atoms with Crippen LogP contribution in [0.5, 0.6) is 0 Å². The van der Waals surface area contributed by atoms with Crippen molar-refractivity contribution in [2.24, 2.45) is 0 Å². The van der Waals surface area contributed by atoms with Gasteiger partial charge in [-0.2, -0.15) is 13.2 Å². The first kappa shape index (κ1) is 19.3. The van der Waals surface area contributed by atoms with E-state index in [1.54, 1.807) is 6.20 Å². The minimum atomic E-state index is -4.45. The predicted octanol–water partition coefficient (Wildman–Crippen LogP) is 4.27. The molecule has 150 valence electrons. The second-order valence-electron chi connectivity index (χ2n) is 7.37. The van der Waals surface area contributed by atoms with Crippen LogP contribution in [0, 0.1) is 0 Å². The number of carbonyl (C=O) groups excluding carboxylic acids is 1. The minimum absolute atomic E-state index is 0.00635. The molecule has 3 heterocycles. The lowest BCUT2D eigenvalue weighted by Crippen LogP contribution is -2.30. The summed E-state index contributed by atoms with van der Waals surface area (Å²) in [5.74, 6) is -0.393. The molecule has 5 nitrogen and oxygen atoms in total. The number of halogens is 3. The molecule has 1 aromatic carbocycles. The fourth-order valence-corrected chi connectivity index (χ4v) is 3.61. The molecule has 1 aliphatic heterocycles. The molecule has 0 fully saturated rings. The van der Waals surface area contributed by atoms with E-state index in [1.165, 1.54) is 6.07 Å². The van der Waals surface area contributed by atoms with E-state index < -0.39 is 29.4 Å². The molecule has 1 unspecified atom stereocenters. The Kier molecular flexibility index (Phi) is 4.53. The fourth-order valence-electron chi connectivity index (χ4n) is 3.61. The van der Waals surface area contributed by atoms with E-state index in [2.05, 4.69) is 15.3 Å². The maximum atomic E-state index is 12.8. The van der Waals surface area contributed by atoms with Gasteiger partial charge < -0.3 is 10.1 Å². The Morgan fingerprint density at radius 1 is 1.14 bits per heavy atom. The monoisotopic (exact) mass is 401 g/mol. The van der Waals surface area contributed by atoms with Crippen molar-refractivity contribution in [2.45, 2.75) is 38.3 Å². The van der Waals surface area contributed by atoms with Gasteiger partial charge in [-0.15, -0.1) is 0 Å². The van der Waals surface area contributed by atoms with E-state index in [4.69, 9.17) is 4.74 Å². The standard InChI is InChI=1S/C21H18F3N3O2/c1-20(2)17-14-5-3-4-6-16(14)26-11-15(17)18(29-20)19(28)27-10-13-8-7-12(9-25-13)21(22,23)24/h3-9,11,18H,10H2,1-2H3,(H,27,28). The average Bonchev–Trinajstić information content (AvgIpc) is 2.97. The third-order valence-electron chi connectivity index (χ3n) is 4.94. The van der Waals surface area contributed by atoms with E-state index in [0.717, 1.165) is 28.7 Å². The van der Waals surface area contributed by atoms with Crippen LogP contribution in [0.1, 0.15) is 42.3 Å². The summed E-state index contributed by atoms with van der Waals surface area (Å²) in [5.41, 5.74) is 1.22. The first-order chi connectivity index (χ1) is 13.7. The van der Waals surface area contributed by atoms with Crippen LogP contribution in [0.4, 0.5) is 13.2 Å². The summed E-state index contributed by atoms with van der Waals surface area (Å²) in [6.45, 7) is 3.78. The lowest BCUT2D eigenvalue weighted by atomic mass is 9.92. The molecule has 1 atom stereocenters. The van der Waals surface area contributed by atoms with E-state index in [9.17, 15) is 18.0 Å². The SMILES string of the molecule is CC1(C)OC(C(=O)NCc2ccc(C(F)(F)F)cn2)c2cnc3ccccc3c21. The number of pyridine rings is 2. The van der Waals surface area contributed by atoms with Gasteiger partial charge in [-0.1, -0.05) is 18.2 Å². The number of nitrogens with one attached hydrogen (secondary N) is 1. The Hall–Kier alpha value is -3.00. The van der Waals surface area contributed by atoms with Crippen molar-refractivity contribution >= 4 is 16.8 Å². The number of ether oxygens (including phenoxy) is 1. The molecule has 0 saturated carbocycles. The van der Waals surface area contributed by atoms with Crippen LogP contribution in [-0.4, -0.2) is 15.9 Å². The zero-order valence-electron chi connectivity index (χ0n) is 15.7. The number of fused-ring (bicyclic) bond motifs is 3. The number of aromatic nitrogens is 2. The number of amides is 1. The largest absolute Gasteiger partial charge is 0.417 e. The zero-order chi connectivity index (χ0) is 20.8. The number of hydrogen-bond acceptors (Lipinski definition) is 4. The van der Waals surface area contributed by atoms with Gasteiger partial charge in [0.25, 0.3) is 5.91 Å². The Morgan fingerprint density at radius 3 is 2.59 bits per heavy atom. The molecule has 0 radical (unpaired) electrons. The highest BCUT2D eigenvalue weighted by Gasteiger charge is 2.43. The lowest BCUT2D eigenvalue weighted by molar-refractivity contribution is -0.141. The summed E-state index contributed by atoms with van der Waals surface area (Å²) in [5, 5.41) is 3.62. The summed E-state index contributed by atoms with van der Waals surface area (Å²) >= 11 is 0. The van der Waals surface area contributed by atoms with E-state index in [-0.39, 0.29) is 6.54 Å². The maximum Gasteiger partial charge on any atom is 0.417 e. The van der Waals surface area contributed by atoms with Gasteiger partial charge in [-0.25, -0.2) is 0 Å². The first-order valence-corrected chi connectivity index (χ1v) is 9.02. The Labute approximate surface area is 164 Å². The molecule has 2 aromatic heterocycles. The van der Waals surface area contributed by atoms with Crippen molar-refractivity contribution < 1.29 is 22.7 Å². The molecule has 3 aromatic rings.